The first-order valence-corrected chi connectivity index (χ1v) is 8.06. The standard InChI is InChI=1S/C15H16OS2/c16-14(9-8-13-6-2-1-3-7-13)12-15-17-10-4-5-11-18-15/h1-3,6-9,12H,4-5,10-11H2. The molecule has 1 saturated heterocycles. The Hall–Kier alpha value is -0.930. The minimum atomic E-state index is 0.0794. The summed E-state index contributed by atoms with van der Waals surface area (Å²) in [7, 11) is 0. The quantitative estimate of drug-likeness (QED) is 0.763. The lowest BCUT2D eigenvalue weighted by Gasteiger charge is -1.98. The normalized spacial score (nSPS) is 16.6. The Labute approximate surface area is 117 Å². The van der Waals surface area contributed by atoms with Crippen molar-refractivity contribution in [1.82, 2.24) is 0 Å². The lowest BCUT2D eigenvalue weighted by Crippen LogP contribution is -1.87. The number of carbonyl (C=O) groups is 1. The smallest absolute Gasteiger partial charge is 0.180 e. The molecular formula is C15H16OS2. The summed E-state index contributed by atoms with van der Waals surface area (Å²) in [5.41, 5.74) is 1.06. The SMILES string of the molecule is O=C(C=Cc1ccccc1)C=C1SCCCCS1. The highest BCUT2D eigenvalue weighted by Gasteiger charge is 2.06. The number of allylic oxidation sites excluding steroid dienone is 2. The third kappa shape index (κ3) is 4.75. The minimum absolute atomic E-state index is 0.0794. The molecular weight excluding hydrogens is 260 g/mol. The molecule has 0 bridgehead atoms. The molecule has 18 heavy (non-hydrogen) atoms. The van der Waals surface area contributed by atoms with Crippen molar-refractivity contribution in [3.8, 4) is 0 Å². The van der Waals surface area contributed by atoms with Crippen molar-refractivity contribution in [2.75, 3.05) is 11.5 Å². The highest BCUT2D eigenvalue weighted by molar-refractivity contribution is 8.22. The van der Waals surface area contributed by atoms with E-state index in [4.69, 9.17) is 0 Å². The van der Waals surface area contributed by atoms with Gasteiger partial charge in [-0.15, -0.1) is 23.5 Å². The zero-order chi connectivity index (χ0) is 12.6. The second kappa shape index (κ2) is 7.49. The molecule has 1 aromatic rings. The lowest BCUT2D eigenvalue weighted by molar-refractivity contribution is -0.110. The van der Waals surface area contributed by atoms with Crippen LogP contribution < -0.4 is 0 Å². The highest BCUT2D eigenvalue weighted by Crippen LogP contribution is 2.33. The van der Waals surface area contributed by atoms with Gasteiger partial charge in [0, 0.05) is 10.3 Å². The van der Waals surface area contributed by atoms with E-state index < -0.39 is 0 Å². The van der Waals surface area contributed by atoms with E-state index >= 15 is 0 Å². The predicted molar refractivity (Wildman–Crippen MR) is 82.7 cm³/mol. The molecule has 0 aliphatic carbocycles. The second-order valence-electron chi connectivity index (χ2n) is 4.01. The molecule has 0 N–H and O–H groups in total. The molecule has 0 spiro atoms. The Bertz CT molecular complexity index is 439. The summed E-state index contributed by atoms with van der Waals surface area (Å²) in [6.07, 6.45) is 7.78. The summed E-state index contributed by atoms with van der Waals surface area (Å²) in [5, 5.41) is 0. The van der Waals surface area contributed by atoms with Crippen molar-refractivity contribution < 1.29 is 4.79 Å². The van der Waals surface area contributed by atoms with Crippen molar-refractivity contribution >= 4 is 35.4 Å². The van der Waals surface area contributed by atoms with E-state index in [1.54, 1.807) is 35.7 Å². The number of benzene rings is 1. The van der Waals surface area contributed by atoms with E-state index in [1.807, 2.05) is 36.4 Å². The van der Waals surface area contributed by atoms with Crippen molar-refractivity contribution in [1.29, 1.82) is 0 Å². The largest absolute Gasteiger partial charge is 0.290 e. The van der Waals surface area contributed by atoms with Gasteiger partial charge in [0.25, 0.3) is 0 Å². The number of hydrogen-bond acceptors (Lipinski definition) is 3. The van der Waals surface area contributed by atoms with Crippen LogP contribution in [0.15, 0.2) is 46.7 Å². The molecule has 94 valence electrons. The fourth-order valence-corrected chi connectivity index (χ4v) is 3.91. The number of thioether (sulfide) groups is 2. The van der Waals surface area contributed by atoms with Crippen LogP contribution in [0.2, 0.25) is 0 Å². The molecule has 3 heteroatoms. The molecule has 0 aromatic heterocycles. The first-order chi connectivity index (χ1) is 8.84. The molecule has 1 aromatic carbocycles. The Kier molecular flexibility index (Phi) is 5.62. The third-order valence-electron chi connectivity index (χ3n) is 2.53. The Balaban J connectivity index is 1.95. The van der Waals surface area contributed by atoms with E-state index in [1.165, 1.54) is 12.8 Å². The first-order valence-electron chi connectivity index (χ1n) is 6.09. The maximum absolute atomic E-state index is 11.8. The molecule has 0 unspecified atom stereocenters. The van der Waals surface area contributed by atoms with Gasteiger partial charge in [-0.3, -0.25) is 4.79 Å². The molecule has 1 aliphatic heterocycles. The van der Waals surface area contributed by atoms with Crippen LogP contribution in [0.1, 0.15) is 18.4 Å². The van der Waals surface area contributed by atoms with Gasteiger partial charge >= 0.3 is 0 Å². The van der Waals surface area contributed by atoms with E-state index in [-0.39, 0.29) is 5.78 Å². The fraction of sp³-hybridized carbons (Fsp3) is 0.267. The zero-order valence-corrected chi connectivity index (χ0v) is 11.8. The van der Waals surface area contributed by atoms with Gasteiger partial charge in [-0.1, -0.05) is 36.4 Å². The molecule has 1 fully saturated rings. The van der Waals surface area contributed by atoms with Gasteiger partial charge in [0.05, 0.1) is 0 Å². The summed E-state index contributed by atoms with van der Waals surface area (Å²) in [6, 6.07) is 9.90. The summed E-state index contributed by atoms with van der Waals surface area (Å²) in [5.74, 6) is 2.35. The van der Waals surface area contributed by atoms with Gasteiger partial charge in [0.2, 0.25) is 0 Å². The van der Waals surface area contributed by atoms with Crippen molar-refractivity contribution in [2.24, 2.45) is 0 Å². The van der Waals surface area contributed by atoms with Crippen molar-refractivity contribution in [3.05, 3.63) is 52.3 Å². The predicted octanol–water partition coefficient (Wildman–Crippen LogP) is 4.37. The zero-order valence-electron chi connectivity index (χ0n) is 10.2. The lowest BCUT2D eigenvalue weighted by atomic mass is 10.2. The van der Waals surface area contributed by atoms with Crippen molar-refractivity contribution in [2.45, 2.75) is 12.8 Å². The van der Waals surface area contributed by atoms with Crippen LogP contribution in [0.4, 0.5) is 0 Å². The van der Waals surface area contributed by atoms with Gasteiger partial charge < -0.3 is 0 Å². The van der Waals surface area contributed by atoms with Crippen LogP contribution in [-0.2, 0) is 4.79 Å². The molecule has 0 atom stereocenters. The number of rotatable bonds is 3. The fourth-order valence-electron chi connectivity index (χ4n) is 1.58. The Morgan fingerprint density at radius 3 is 2.39 bits per heavy atom. The summed E-state index contributed by atoms with van der Waals surface area (Å²) in [4.78, 5) is 11.8. The third-order valence-corrected chi connectivity index (χ3v) is 5.02. The highest BCUT2D eigenvalue weighted by atomic mass is 32.2. The van der Waals surface area contributed by atoms with Crippen LogP contribution in [-0.4, -0.2) is 17.3 Å². The van der Waals surface area contributed by atoms with E-state index in [2.05, 4.69) is 0 Å². The van der Waals surface area contributed by atoms with Crippen LogP contribution in [0.3, 0.4) is 0 Å². The molecule has 1 aliphatic rings. The number of carbonyl (C=O) groups excluding carboxylic acids is 1. The average molecular weight is 276 g/mol. The van der Waals surface area contributed by atoms with Crippen LogP contribution >= 0.6 is 23.5 Å². The van der Waals surface area contributed by atoms with Crippen LogP contribution in [0.5, 0.6) is 0 Å². The van der Waals surface area contributed by atoms with Gasteiger partial charge in [0.1, 0.15) is 0 Å². The molecule has 1 heterocycles. The van der Waals surface area contributed by atoms with Gasteiger partial charge in [0.15, 0.2) is 5.78 Å². The van der Waals surface area contributed by atoms with Gasteiger partial charge in [-0.2, -0.15) is 0 Å². The number of hydrogen-bond donors (Lipinski definition) is 0. The molecule has 0 amide bonds. The van der Waals surface area contributed by atoms with Crippen molar-refractivity contribution in [3.63, 3.8) is 0 Å². The molecule has 0 radical (unpaired) electrons. The van der Waals surface area contributed by atoms with Gasteiger partial charge in [-0.25, -0.2) is 0 Å². The first kappa shape index (κ1) is 13.5. The Morgan fingerprint density at radius 2 is 1.72 bits per heavy atom. The summed E-state index contributed by atoms with van der Waals surface area (Å²) < 4.78 is 1.16. The summed E-state index contributed by atoms with van der Waals surface area (Å²) >= 11 is 3.61. The Morgan fingerprint density at radius 1 is 1.06 bits per heavy atom. The maximum Gasteiger partial charge on any atom is 0.180 e. The van der Waals surface area contributed by atoms with Gasteiger partial charge in [-0.05, 0) is 36.0 Å². The second-order valence-corrected chi connectivity index (χ2v) is 6.55. The van der Waals surface area contributed by atoms with Crippen LogP contribution in [0.25, 0.3) is 6.08 Å². The van der Waals surface area contributed by atoms with E-state index in [0.29, 0.717) is 0 Å². The molecule has 1 nitrogen and oxygen atoms in total. The maximum atomic E-state index is 11.8. The monoisotopic (exact) mass is 276 g/mol. The van der Waals surface area contributed by atoms with E-state index in [0.717, 1.165) is 21.3 Å². The molecule has 0 saturated carbocycles. The van der Waals surface area contributed by atoms with Crippen LogP contribution in [0, 0.1) is 0 Å². The molecule has 2 rings (SSSR count). The minimum Gasteiger partial charge on any atom is -0.290 e. The van der Waals surface area contributed by atoms with E-state index in [9.17, 15) is 4.79 Å². The average Bonchev–Trinajstić information content (AvgIpc) is 2.66. The summed E-state index contributed by atoms with van der Waals surface area (Å²) in [6.45, 7) is 0. The number of ketones is 1. The topological polar surface area (TPSA) is 17.1 Å².